The van der Waals surface area contributed by atoms with Gasteiger partial charge in [0.05, 0.1) is 30.2 Å². The van der Waals surface area contributed by atoms with Gasteiger partial charge in [0, 0.05) is 0 Å². The van der Waals surface area contributed by atoms with Gasteiger partial charge in [0.15, 0.2) is 5.71 Å². The summed E-state index contributed by atoms with van der Waals surface area (Å²) in [4.78, 5) is 23.0. The lowest BCUT2D eigenvalue weighted by molar-refractivity contribution is -0.143. The maximum Gasteiger partial charge on any atom is 0.355 e. The number of nitrogens with one attached hydrogen (secondary N) is 1. The third-order valence-electron chi connectivity index (χ3n) is 2.58. The van der Waals surface area contributed by atoms with E-state index < -0.39 is 28.5 Å². The molecule has 0 aliphatic carbocycles. The van der Waals surface area contributed by atoms with Crippen LogP contribution in [0.1, 0.15) is 20.3 Å². The number of hydrogen-bond donors (Lipinski definition) is 2. The fraction of sp³-hybridized carbons (Fsp3) is 0.357. The number of hydrazone groups is 1. The van der Waals surface area contributed by atoms with E-state index in [1.807, 2.05) is 0 Å². The van der Waals surface area contributed by atoms with Crippen molar-refractivity contribution in [3.05, 3.63) is 24.3 Å². The summed E-state index contributed by atoms with van der Waals surface area (Å²) >= 11 is 0. The molecule has 0 aliphatic rings. The molecule has 24 heavy (non-hydrogen) atoms. The number of esters is 2. The van der Waals surface area contributed by atoms with Gasteiger partial charge in [0.2, 0.25) is 0 Å². The maximum atomic E-state index is 11.8. The molecular weight excluding hydrogens is 340 g/mol. The van der Waals surface area contributed by atoms with Crippen LogP contribution in [-0.4, -0.2) is 43.8 Å². The molecule has 0 amide bonds. The monoisotopic (exact) mass is 358 g/mol. The van der Waals surface area contributed by atoms with E-state index in [1.54, 1.807) is 13.8 Å². The van der Waals surface area contributed by atoms with Crippen LogP contribution >= 0.6 is 0 Å². The first-order valence-electron chi connectivity index (χ1n) is 7.00. The summed E-state index contributed by atoms with van der Waals surface area (Å²) in [6.07, 6.45) is -0.405. The number of benzene rings is 1. The van der Waals surface area contributed by atoms with Crippen LogP contribution in [0.25, 0.3) is 0 Å². The van der Waals surface area contributed by atoms with Crippen molar-refractivity contribution in [3.63, 3.8) is 0 Å². The van der Waals surface area contributed by atoms with E-state index in [2.05, 4.69) is 10.5 Å². The van der Waals surface area contributed by atoms with Crippen molar-refractivity contribution in [3.8, 4) is 0 Å². The molecule has 1 aromatic rings. The number of hydrogen-bond acceptors (Lipinski definition) is 8. The standard InChI is InChI=1S/C14H18N2O7S/c1-3-22-13(17)9-12(14(18)23-4-2)16-15-10-6-5-7-11(8-10)24(19,20)21/h5-8,15H,3-4,9H2,1-2H3,(H,19,20,21)/b16-12+. The van der Waals surface area contributed by atoms with Gasteiger partial charge in [-0.2, -0.15) is 13.5 Å². The highest BCUT2D eigenvalue weighted by molar-refractivity contribution is 7.85. The van der Waals surface area contributed by atoms with Gasteiger partial charge < -0.3 is 9.47 Å². The lowest BCUT2D eigenvalue weighted by Gasteiger charge is -2.07. The zero-order chi connectivity index (χ0) is 18.2. The Morgan fingerprint density at radius 1 is 1.21 bits per heavy atom. The molecule has 132 valence electrons. The molecule has 0 bridgehead atoms. The fourth-order valence-corrected chi connectivity index (χ4v) is 2.11. The lowest BCUT2D eigenvalue weighted by atomic mass is 10.3. The van der Waals surface area contributed by atoms with Gasteiger partial charge in [0.1, 0.15) is 0 Å². The molecular formula is C14H18N2O7S. The molecule has 1 rings (SSSR count). The topological polar surface area (TPSA) is 131 Å². The lowest BCUT2D eigenvalue weighted by Crippen LogP contribution is -2.23. The van der Waals surface area contributed by atoms with Crippen molar-refractivity contribution in [1.29, 1.82) is 0 Å². The highest BCUT2D eigenvalue weighted by atomic mass is 32.2. The number of ether oxygens (including phenoxy) is 2. The molecule has 0 radical (unpaired) electrons. The van der Waals surface area contributed by atoms with E-state index in [0.29, 0.717) is 0 Å². The van der Waals surface area contributed by atoms with Crippen molar-refractivity contribution in [2.75, 3.05) is 18.6 Å². The molecule has 0 spiro atoms. The predicted molar refractivity (Wildman–Crippen MR) is 85.2 cm³/mol. The van der Waals surface area contributed by atoms with Gasteiger partial charge in [-0.25, -0.2) is 4.79 Å². The first-order valence-corrected chi connectivity index (χ1v) is 8.44. The SMILES string of the molecule is CCOC(=O)C/C(=N\Nc1cccc(S(=O)(=O)O)c1)C(=O)OCC. The van der Waals surface area contributed by atoms with Crippen molar-refractivity contribution >= 4 is 33.5 Å². The summed E-state index contributed by atoms with van der Waals surface area (Å²) in [5.41, 5.74) is 2.41. The van der Waals surface area contributed by atoms with Crippen LogP contribution in [0.4, 0.5) is 5.69 Å². The minimum Gasteiger partial charge on any atom is -0.466 e. The summed E-state index contributed by atoms with van der Waals surface area (Å²) in [6, 6.07) is 5.14. The minimum atomic E-state index is -4.37. The number of carbonyl (C=O) groups is 2. The van der Waals surface area contributed by atoms with Crippen LogP contribution in [0, 0.1) is 0 Å². The third kappa shape index (κ3) is 6.34. The van der Waals surface area contributed by atoms with Crippen molar-refractivity contribution < 1.29 is 32.0 Å². The third-order valence-corrected chi connectivity index (χ3v) is 3.43. The van der Waals surface area contributed by atoms with Gasteiger partial charge in [-0.1, -0.05) is 6.07 Å². The first-order chi connectivity index (χ1) is 11.3. The largest absolute Gasteiger partial charge is 0.466 e. The smallest absolute Gasteiger partial charge is 0.355 e. The van der Waals surface area contributed by atoms with E-state index in [1.165, 1.54) is 18.2 Å². The van der Waals surface area contributed by atoms with E-state index >= 15 is 0 Å². The molecule has 1 aromatic carbocycles. The molecule has 0 unspecified atom stereocenters. The summed E-state index contributed by atoms with van der Waals surface area (Å²) in [5, 5.41) is 3.77. The molecule has 0 aliphatic heterocycles. The van der Waals surface area contributed by atoms with Crippen molar-refractivity contribution in [1.82, 2.24) is 0 Å². The van der Waals surface area contributed by atoms with Crippen LogP contribution in [-0.2, 0) is 29.2 Å². The summed E-state index contributed by atoms with van der Waals surface area (Å²) in [5.74, 6) is -1.46. The molecule has 10 heteroatoms. The first kappa shape index (κ1) is 19.6. The second-order valence-corrected chi connectivity index (χ2v) is 5.80. The fourth-order valence-electron chi connectivity index (χ4n) is 1.58. The quantitative estimate of drug-likeness (QED) is 0.307. The normalized spacial score (nSPS) is 11.7. The van der Waals surface area contributed by atoms with Crippen LogP contribution < -0.4 is 5.43 Å². The van der Waals surface area contributed by atoms with Crippen LogP contribution in [0.3, 0.4) is 0 Å². The number of nitrogens with zero attached hydrogens (tertiary/aromatic N) is 1. The molecule has 0 saturated carbocycles. The average molecular weight is 358 g/mol. The van der Waals surface area contributed by atoms with E-state index in [9.17, 15) is 18.0 Å². The van der Waals surface area contributed by atoms with Gasteiger partial charge >= 0.3 is 11.9 Å². The number of rotatable bonds is 8. The van der Waals surface area contributed by atoms with Gasteiger partial charge in [-0.05, 0) is 32.0 Å². The van der Waals surface area contributed by atoms with Crippen molar-refractivity contribution in [2.24, 2.45) is 5.10 Å². The van der Waals surface area contributed by atoms with Crippen LogP contribution in [0.5, 0.6) is 0 Å². The van der Waals surface area contributed by atoms with E-state index in [-0.39, 0.29) is 29.5 Å². The molecule has 0 saturated heterocycles. The molecule has 0 heterocycles. The summed E-state index contributed by atoms with van der Waals surface area (Å²) in [6.45, 7) is 3.47. The number of carbonyl (C=O) groups excluding carboxylic acids is 2. The Morgan fingerprint density at radius 3 is 2.46 bits per heavy atom. The highest BCUT2D eigenvalue weighted by Gasteiger charge is 2.18. The minimum absolute atomic E-state index is 0.0962. The molecule has 9 nitrogen and oxygen atoms in total. The van der Waals surface area contributed by atoms with Crippen LogP contribution in [0.15, 0.2) is 34.3 Å². The van der Waals surface area contributed by atoms with E-state index in [0.717, 1.165) is 6.07 Å². The van der Waals surface area contributed by atoms with Crippen LogP contribution in [0.2, 0.25) is 0 Å². The predicted octanol–water partition coefficient (Wildman–Crippen LogP) is 1.22. The Morgan fingerprint density at radius 2 is 1.88 bits per heavy atom. The zero-order valence-corrected chi connectivity index (χ0v) is 14.0. The molecule has 0 fully saturated rings. The Kier molecular flexibility index (Phi) is 7.33. The molecule has 0 atom stereocenters. The highest BCUT2D eigenvalue weighted by Crippen LogP contribution is 2.15. The second kappa shape index (κ2) is 8.99. The molecule has 0 aromatic heterocycles. The Bertz CT molecular complexity index is 728. The second-order valence-electron chi connectivity index (χ2n) is 4.38. The molecule has 2 N–H and O–H groups in total. The number of anilines is 1. The maximum absolute atomic E-state index is 11.8. The van der Waals surface area contributed by atoms with Gasteiger partial charge in [-0.3, -0.25) is 14.8 Å². The van der Waals surface area contributed by atoms with Gasteiger partial charge in [0.25, 0.3) is 10.1 Å². The Labute approximate surface area is 139 Å². The summed E-state index contributed by atoms with van der Waals surface area (Å²) in [7, 11) is -4.37. The summed E-state index contributed by atoms with van der Waals surface area (Å²) < 4.78 is 40.7. The van der Waals surface area contributed by atoms with Gasteiger partial charge in [-0.15, -0.1) is 0 Å². The zero-order valence-electron chi connectivity index (χ0n) is 13.2. The Balaban J connectivity index is 2.98. The van der Waals surface area contributed by atoms with Crippen molar-refractivity contribution in [2.45, 2.75) is 25.2 Å². The van der Waals surface area contributed by atoms with E-state index in [4.69, 9.17) is 14.0 Å². The Hall–Kier alpha value is -2.46. The average Bonchev–Trinajstić information content (AvgIpc) is 2.51.